The Morgan fingerprint density at radius 3 is 2.42 bits per heavy atom. The van der Waals surface area contributed by atoms with Gasteiger partial charge in [0.05, 0.1) is 12.3 Å². The molecule has 1 aliphatic heterocycles. The van der Waals surface area contributed by atoms with Crippen molar-refractivity contribution in [3.05, 3.63) is 16.7 Å². The summed E-state index contributed by atoms with van der Waals surface area (Å²) >= 11 is 5.23. The van der Waals surface area contributed by atoms with E-state index in [2.05, 4.69) is 23.2 Å². The molecule has 1 aliphatic rings. The van der Waals surface area contributed by atoms with Gasteiger partial charge < -0.3 is 35.2 Å². The first kappa shape index (κ1) is 28.0. The van der Waals surface area contributed by atoms with Crippen LogP contribution in [0.15, 0.2) is 11.0 Å². The molecule has 1 aromatic heterocycles. The lowest BCUT2D eigenvalue weighted by molar-refractivity contribution is -0.0827. The van der Waals surface area contributed by atoms with E-state index in [-0.39, 0.29) is 5.82 Å². The molecular formula is C11H15ClFN4O13P3. The van der Waals surface area contributed by atoms with Crippen LogP contribution >= 0.6 is 35.1 Å². The van der Waals surface area contributed by atoms with Crippen molar-refractivity contribution >= 4 is 40.9 Å². The van der Waals surface area contributed by atoms with E-state index in [1.807, 2.05) is 0 Å². The Morgan fingerprint density at radius 2 is 1.91 bits per heavy atom. The van der Waals surface area contributed by atoms with Gasteiger partial charge in [-0.05, 0) is 24.4 Å². The molecule has 0 amide bonds. The van der Waals surface area contributed by atoms with Gasteiger partial charge in [-0.2, -0.15) is 23.4 Å². The molecule has 17 nitrogen and oxygen atoms in total. The highest BCUT2D eigenvalue weighted by Gasteiger charge is 2.61. The molecule has 0 bridgehead atoms. The van der Waals surface area contributed by atoms with Crippen LogP contribution in [-0.2, 0) is 31.6 Å². The second-order valence-electron chi connectivity index (χ2n) is 6.20. The first-order valence-electron chi connectivity index (χ1n) is 8.09. The Hall–Kier alpha value is -1.28. The first-order chi connectivity index (χ1) is 14.9. The second kappa shape index (κ2) is 9.76. The maximum atomic E-state index is 15.5. The smallest absolute Gasteiger partial charge is 0.386 e. The minimum Gasteiger partial charge on any atom is -0.386 e. The maximum Gasteiger partial charge on any atom is 0.490 e. The van der Waals surface area contributed by atoms with Crippen LogP contribution in [0.5, 0.6) is 0 Å². The Labute approximate surface area is 187 Å². The Kier molecular flexibility index (Phi) is 8.27. The number of aliphatic hydroxyl groups is 1. The molecule has 7 atom stereocenters. The molecule has 1 aromatic rings. The van der Waals surface area contributed by atoms with Crippen LogP contribution in [0.4, 0.5) is 10.2 Å². The molecule has 3 unspecified atom stereocenters. The minimum atomic E-state index is -5.84. The topological polar surface area (TPSA) is 263 Å². The molecule has 0 radical (unpaired) electrons. The zero-order chi connectivity index (χ0) is 25.4. The summed E-state index contributed by atoms with van der Waals surface area (Å²) in [5.41, 5.74) is 0.910. The van der Waals surface area contributed by atoms with Crippen LogP contribution < -0.4 is 11.4 Å². The van der Waals surface area contributed by atoms with Crippen molar-refractivity contribution in [1.82, 2.24) is 14.8 Å². The highest BCUT2D eigenvalue weighted by molar-refractivity contribution is 7.66. The van der Waals surface area contributed by atoms with Gasteiger partial charge in [0.15, 0.2) is 0 Å². The number of nitrogens with zero attached hydrogens (tertiary/aromatic N) is 3. The van der Waals surface area contributed by atoms with E-state index < -0.39 is 59.4 Å². The summed E-state index contributed by atoms with van der Waals surface area (Å²) in [7, 11) is -17.1. The monoisotopic (exact) mass is 558 g/mol. The molecule has 1 fully saturated rings. The van der Waals surface area contributed by atoms with Crippen molar-refractivity contribution < 1.29 is 60.6 Å². The standard InChI is InChI=1S/C11H15ClFN4O13P3/c1-5(28-32(23,24)30-33(25,26)29-31(20,21)22)7-8(18)11(13,2-3-12)9(27-7)17-10(19)16-6(14)4-15-17/h4-5,7-9,18H,1H3,(H,23,24)(H,25,26)(H2,14,16,19)(H2,20,21,22)/t5-,7+,8-,9+,11?/m0/s1. The van der Waals surface area contributed by atoms with Gasteiger partial charge in [-0.1, -0.05) is 0 Å². The number of rotatable bonds is 8. The van der Waals surface area contributed by atoms with Gasteiger partial charge in [0, 0.05) is 5.38 Å². The fourth-order valence-corrected chi connectivity index (χ4v) is 5.95. The zero-order valence-electron chi connectivity index (χ0n) is 15.9. The van der Waals surface area contributed by atoms with Crippen LogP contribution in [0.25, 0.3) is 0 Å². The third-order valence-corrected chi connectivity index (χ3v) is 7.78. The van der Waals surface area contributed by atoms with E-state index in [1.165, 1.54) is 0 Å². The van der Waals surface area contributed by atoms with Gasteiger partial charge in [-0.15, -0.1) is 0 Å². The van der Waals surface area contributed by atoms with Crippen molar-refractivity contribution in [2.45, 2.75) is 37.1 Å². The van der Waals surface area contributed by atoms with Crippen LogP contribution in [0.1, 0.15) is 13.2 Å². The third-order valence-electron chi connectivity index (χ3n) is 3.76. The van der Waals surface area contributed by atoms with E-state index in [0.717, 1.165) is 13.1 Å². The number of hydrogen-bond donors (Lipinski definition) is 6. The number of nitrogens with two attached hydrogens (primary N) is 1. The molecule has 2 rings (SSSR count). The summed E-state index contributed by atoms with van der Waals surface area (Å²) in [5.74, 6) is 1.45. The summed E-state index contributed by atoms with van der Waals surface area (Å²) in [6, 6.07) is 0. The van der Waals surface area contributed by atoms with E-state index in [9.17, 15) is 33.4 Å². The number of ether oxygens (including phenoxy) is 1. The highest BCUT2D eigenvalue weighted by atomic mass is 35.5. The van der Waals surface area contributed by atoms with Gasteiger partial charge >= 0.3 is 29.2 Å². The number of alkyl halides is 1. The molecule has 33 heavy (non-hydrogen) atoms. The van der Waals surface area contributed by atoms with E-state index >= 15 is 4.39 Å². The molecular weight excluding hydrogens is 544 g/mol. The molecule has 22 heteroatoms. The number of halogens is 2. The molecule has 0 spiro atoms. The van der Waals surface area contributed by atoms with E-state index in [4.69, 9.17) is 31.9 Å². The molecule has 0 saturated carbocycles. The van der Waals surface area contributed by atoms with E-state index in [1.54, 1.807) is 11.3 Å². The van der Waals surface area contributed by atoms with Crippen LogP contribution in [0.3, 0.4) is 0 Å². The predicted molar refractivity (Wildman–Crippen MR) is 103 cm³/mol. The Bertz CT molecular complexity index is 1170. The summed E-state index contributed by atoms with van der Waals surface area (Å²) in [5, 5.41) is 15.6. The van der Waals surface area contributed by atoms with E-state index in [0.29, 0.717) is 4.68 Å². The quantitative estimate of drug-likeness (QED) is 0.167. The largest absolute Gasteiger partial charge is 0.490 e. The molecule has 186 valence electrons. The number of aromatic nitrogens is 3. The van der Waals surface area contributed by atoms with Gasteiger partial charge in [0.1, 0.15) is 18.0 Å². The number of anilines is 1. The SMILES string of the molecule is C[C@H](OP(=O)(O)OP(=O)(O)OP(=O)(O)O)[C@H]1O[C@@H](n2ncc(N)nc2=O)C(F)(C#CCl)[C@H]1O. The van der Waals surface area contributed by atoms with Crippen LogP contribution in [-0.4, -0.2) is 63.4 Å². The lowest BCUT2D eigenvalue weighted by Crippen LogP contribution is -2.46. The van der Waals surface area contributed by atoms with Crippen molar-refractivity contribution in [2.24, 2.45) is 0 Å². The normalized spacial score (nSPS) is 30.0. The average molecular weight is 559 g/mol. The van der Waals surface area contributed by atoms with Gasteiger partial charge in [-0.3, -0.25) is 4.52 Å². The fourth-order valence-electron chi connectivity index (χ4n) is 2.61. The number of aliphatic hydroxyl groups excluding tert-OH is 1. The molecule has 1 saturated heterocycles. The average Bonchev–Trinajstić information content (AvgIpc) is 2.83. The van der Waals surface area contributed by atoms with Crippen molar-refractivity contribution in [3.8, 4) is 11.3 Å². The summed E-state index contributed by atoms with van der Waals surface area (Å²) < 4.78 is 66.7. The van der Waals surface area contributed by atoms with Gasteiger partial charge in [0.25, 0.3) is 0 Å². The maximum absolute atomic E-state index is 15.5. The third kappa shape index (κ3) is 6.87. The Balaban J connectivity index is 2.31. The predicted octanol–water partition coefficient (Wildman–Crippen LogP) is -0.881. The number of hydrogen-bond acceptors (Lipinski definition) is 12. The Morgan fingerprint density at radius 1 is 1.30 bits per heavy atom. The first-order valence-corrected chi connectivity index (χ1v) is 13.0. The molecule has 0 aliphatic carbocycles. The fraction of sp³-hybridized carbons (Fsp3) is 0.545. The van der Waals surface area contributed by atoms with Crippen LogP contribution in [0, 0.1) is 11.3 Å². The van der Waals surface area contributed by atoms with Gasteiger partial charge in [0.2, 0.25) is 11.9 Å². The van der Waals surface area contributed by atoms with Crippen molar-refractivity contribution in [1.29, 1.82) is 0 Å². The van der Waals surface area contributed by atoms with Crippen LogP contribution in [0.2, 0.25) is 0 Å². The second-order valence-corrected chi connectivity index (χ2v) is 10.8. The summed E-state index contributed by atoms with van der Waals surface area (Å²) in [6.45, 7) is 0.903. The van der Waals surface area contributed by atoms with Gasteiger partial charge in [-0.25, -0.2) is 22.9 Å². The molecule has 2 heterocycles. The number of phosphoric acid groups is 3. The van der Waals surface area contributed by atoms with Crippen molar-refractivity contribution in [3.63, 3.8) is 0 Å². The minimum absolute atomic E-state index is 0.304. The number of nitrogen functional groups attached to an aromatic ring is 1. The summed E-state index contributed by atoms with van der Waals surface area (Å²) in [6.07, 6.45) is -7.40. The highest BCUT2D eigenvalue weighted by Crippen LogP contribution is 2.66. The lowest BCUT2D eigenvalue weighted by Gasteiger charge is -2.25. The number of phosphoric ester groups is 1. The summed E-state index contributed by atoms with van der Waals surface area (Å²) in [4.78, 5) is 51.2. The molecule has 0 aromatic carbocycles. The molecule has 7 N–H and O–H groups in total. The zero-order valence-corrected chi connectivity index (χ0v) is 19.3. The van der Waals surface area contributed by atoms with Crippen molar-refractivity contribution in [2.75, 3.05) is 5.73 Å². The lowest BCUT2D eigenvalue weighted by atomic mass is 9.95.